The fourth-order valence-electron chi connectivity index (χ4n) is 3.12. The van der Waals surface area contributed by atoms with Crippen LogP contribution in [0.3, 0.4) is 0 Å². The van der Waals surface area contributed by atoms with Gasteiger partial charge in [0.25, 0.3) is 11.6 Å². The summed E-state index contributed by atoms with van der Waals surface area (Å²) in [5.41, 5.74) is 1.64. The van der Waals surface area contributed by atoms with Crippen LogP contribution in [0.4, 0.5) is 10.1 Å². The molecule has 1 fully saturated rings. The van der Waals surface area contributed by atoms with E-state index in [2.05, 4.69) is 4.90 Å². The zero-order valence-corrected chi connectivity index (χ0v) is 15.6. The molecule has 1 aliphatic rings. The maximum absolute atomic E-state index is 13.1. The van der Waals surface area contributed by atoms with E-state index in [4.69, 9.17) is 11.6 Å². The number of rotatable bonds is 4. The van der Waals surface area contributed by atoms with Gasteiger partial charge in [0.15, 0.2) is 0 Å². The van der Waals surface area contributed by atoms with Crippen LogP contribution in [0.25, 0.3) is 0 Å². The Morgan fingerprint density at radius 2 is 1.89 bits per heavy atom. The molecule has 142 valence electrons. The van der Waals surface area contributed by atoms with Crippen LogP contribution < -0.4 is 0 Å². The van der Waals surface area contributed by atoms with E-state index >= 15 is 0 Å². The predicted molar refractivity (Wildman–Crippen MR) is 100 cm³/mol. The second kappa shape index (κ2) is 8.02. The molecule has 8 heteroatoms. The van der Waals surface area contributed by atoms with E-state index in [1.54, 1.807) is 30.0 Å². The minimum absolute atomic E-state index is 0.0505. The molecule has 3 rings (SSSR count). The van der Waals surface area contributed by atoms with Gasteiger partial charge in [-0.2, -0.15) is 0 Å². The normalized spacial score (nSPS) is 15.0. The molecule has 1 heterocycles. The molecule has 0 spiro atoms. The van der Waals surface area contributed by atoms with Crippen molar-refractivity contribution in [3.05, 3.63) is 74.0 Å². The number of carbonyl (C=O) groups is 1. The smallest absolute Gasteiger partial charge is 0.273 e. The van der Waals surface area contributed by atoms with E-state index in [1.165, 1.54) is 18.2 Å². The Morgan fingerprint density at radius 1 is 1.19 bits per heavy atom. The highest BCUT2D eigenvalue weighted by molar-refractivity contribution is 6.31. The summed E-state index contributed by atoms with van der Waals surface area (Å²) < 4.78 is 13.1. The number of halogens is 2. The topological polar surface area (TPSA) is 66.7 Å². The van der Waals surface area contributed by atoms with E-state index in [1.807, 2.05) is 0 Å². The fraction of sp³-hybridized carbons (Fsp3) is 0.316. The van der Waals surface area contributed by atoms with Crippen molar-refractivity contribution >= 4 is 23.2 Å². The third kappa shape index (κ3) is 4.43. The number of hydrogen-bond donors (Lipinski definition) is 0. The van der Waals surface area contributed by atoms with Gasteiger partial charge >= 0.3 is 0 Å². The first-order valence-electron chi connectivity index (χ1n) is 8.56. The second-order valence-electron chi connectivity index (χ2n) is 6.56. The molecule has 1 aliphatic heterocycles. The first kappa shape index (κ1) is 19.3. The van der Waals surface area contributed by atoms with Crippen molar-refractivity contribution in [2.45, 2.75) is 13.5 Å². The lowest BCUT2D eigenvalue weighted by Gasteiger charge is -2.35. The number of nitrogens with zero attached hydrogens (tertiary/aromatic N) is 3. The van der Waals surface area contributed by atoms with Gasteiger partial charge in [0.2, 0.25) is 0 Å². The molecule has 0 bridgehead atoms. The summed E-state index contributed by atoms with van der Waals surface area (Å²) in [7, 11) is 0. The Labute approximate surface area is 161 Å². The summed E-state index contributed by atoms with van der Waals surface area (Å²) >= 11 is 6.07. The highest BCUT2D eigenvalue weighted by atomic mass is 35.5. The van der Waals surface area contributed by atoms with Crippen LogP contribution in [0.15, 0.2) is 36.4 Å². The fourth-order valence-corrected chi connectivity index (χ4v) is 3.35. The molecule has 0 aromatic heterocycles. The molecule has 6 nitrogen and oxygen atoms in total. The Hall–Kier alpha value is -2.51. The van der Waals surface area contributed by atoms with Crippen LogP contribution in [-0.4, -0.2) is 46.8 Å². The number of piperazine rings is 1. The van der Waals surface area contributed by atoms with Crippen molar-refractivity contribution in [1.29, 1.82) is 0 Å². The molecule has 1 saturated heterocycles. The van der Waals surface area contributed by atoms with Gasteiger partial charge < -0.3 is 4.90 Å². The van der Waals surface area contributed by atoms with Gasteiger partial charge in [-0.1, -0.05) is 23.7 Å². The zero-order valence-electron chi connectivity index (χ0n) is 14.8. The standard InChI is InChI=1S/C19H19ClFN3O3/c1-13-2-3-14(10-18(13)24(26)27)19(25)23-8-6-22(7-9-23)12-15-4-5-16(21)11-17(15)20/h2-5,10-11H,6-9,12H2,1H3. The summed E-state index contributed by atoms with van der Waals surface area (Å²) in [6.07, 6.45) is 0. The first-order valence-corrected chi connectivity index (χ1v) is 8.93. The SMILES string of the molecule is Cc1ccc(C(=O)N2CCN(Cc3ccc(F)cc3Cl)CC2)cc1[N+](=O)[O-]. The van der Waals surface area contributed by atoms with E-state index in [-0.39, 0.29) is 17.4 Å². The molecule has 1 amide bonds. The van der Waals surface area contributed by atoms with Crippen LogP contribution in [-0.2, 0) is 6.54 Å². The van der Waals surface area contributed by atoms with Crippen molar-refractivity contribution in [3.63, 3.8) is 0 Å². The van der Waals surface area contributed by atoms with Gasteiger partial charge in [-0.15, -0.1) is 0 Å². The summed E-state index contributed by atoms with van der Waals surface area (Å²) in [4.78, 5) is 27.1. The molecule has 0 aliphatic carbocycles. The van der Waals surface area contributed by atoms with Crippen LogP contribution in [0.5, 0.6) is 0 Å². The van der Waals surface area contributed by atoms with Gasteiger partial charge in [-0.3, -0.25) is 19.8 Å². The number of benzene rings is 2. The number of nitro benzene ring substituents is 1. The maximum Gasteiger partial charge on any atom is 0.273 e. The van der Waals surface area contributed by atoms with Crippen molar-refractivity contribution in [3.8, 4) is 0 Å². The summed E-state index contributed by atoms with van der Waals surface area (Å²) in [5, 5.41) is 11.5. The van der Waals surface area contributed by atoms with Crippen LogP contribution in [0, 0.1) is 22.9 Å². The summed E-state index contributed by atoms with van der Waals surface area (Å²) in [6, 6.07) is 8.89. The highest BCUT2D eigenvalue weighted by Gasteiger charge is 2.24. The van der Waals surface area contributed by atoms with Gasteiger partial charge in [-0.25, -0.2) is 4.39 Å². The van der Waals surface area contributed by atoms with Crippen molar-refractivity contribution < 1.29 is 14.1 Å². The molecule has 0 saturated carbocycles. The Morgan fingerprint density at radius 3 is 2.52 bits per heavy atom. The Bertz CT molecular complexity index is 882. The van der Waals surface area contributed by atoms with Gasteiger partial charge in [0.1, 0.15) is 5.82 Å². The summed E-state index contributed by atoms with van der Waals surface area (Å²) in [6.45, 7) is 4.54. The Kier molecular flexibility index (Phi) is 5.72. The number of hydrogen-bond acceptors (Lipinski definition) is 4. The van der Waals surface area contributed by atoms with E-state index < -0.39 is 4.92 Å². The largest absolute Gasteiger partial charge is 0.336 e. The third-order valence-electron chi connectivity index (χ3n) is 4.72. The summed E-state index contributed by atoms with van der Waals surface area (Å²) in [5.74, 6) is -0.580. The number of carbonyl (C=O) groups excluding carboxylic acids is 1. The lowest BCUT2D eigenvalue weighted by atomic mass is 10.1. The van der Waals surface area contributed by atoms with Crippen molar-refractivity contribution in [2.75, 3.05) is 26.2 Å². The van der Waals surface area contributed by atoms with Crippen LogP contribution in [0.1, 0.15) is 21.5 Å². The monoisotopic (exact) mass is 391 g/mol. The lowest BCUT2D eigenvalue weighted by Crippen LogP contribution is -2.48. The molecule has 0 unspecified atom stereocenters. The van der Waals surface area contributed by atoms with E-state index in [0.29, 0.717) is 48.9 Å². The molecular formula is C19H19ClFN3O3. The average molecular weight is 392 g/mol. The van der Waals surface area contributed by atoms with Gasteiger partial charge in [-0.05, 0) is 30.7 Å². The highest BCUT2D eigenvalue weighted by Crippen LogP contribution is 2.22. The molecule has 0 N–H and O–H groups in total. The number of nitro groups is 1. The number of aryl methyl sites for hydroxylation is 1. The number of amides is 1. The minimum atomic E-state index is -0.476. The van der Waals surface area contributed by atoms with Crippen molar-refractivity contribution in [1.82, 2.24) is 9.80 Å². The average Bonchev–Trinajstić information content (AvgIpc) is 2.64. The minimum Gasteiger partial charge on any atom is -0.336 e. The van der Waals surface area contributed by atoms with Gasteiger partial charge in [0, 0.05) is 54.9 Å². The molecular weight excluding hydrogens is 373 g/mol. The molecule has 27 heavy (non-hydrogen) atoms. The van der Waals surface area contributed by atoms with Gasteiger partial charge in [0.05, 0.1) is 4.92 Å². The van der Waals surface area contributed by atoms with Crippen LogP contribution >= 0.6 is 11.6 Å². The molecule has 2 aromatic rings. The maximum atomic E-state index is 13.1. The van der Waals surface area contributed by atoms with E-state index in [0.717, 1.165) is 5.56 Å². The predicted octanol–water partition coefficient (Wildman–Crippen LogP) is 3.65. The third-order valence-corrected chi connectivity index (χ3v) is 5.07. The first-order chi connectivity index (χ1) is 12.8. The second-order valence-corrected chi connectivity index (χ2v) is 6.97. The van der Waals surface area contributed by atoms with E-state index in [9.17, 15) is 19.3 Å². The van der Waals surface area contributed by atoms with Crippen molar-refractivity contribution in [2.24, 2.45) is 0 Å². The zero-order chi connectivity index (χ0) is 19.6. The molecule has 2 aromatic carbocycles. The molecule has 0 radical (unpaired) electrons. The van der Waals surface area contributed by atoms with Crippen LogP contribution in [0.2, 0.25) is 5.02 Å². The Balaban J connectivity index is 1.62. The quantitative estimate of drug-likeness (QED) is 0.589. The lowest BCUT2D eigenvalue weighted by molar-refractivity contribution is -0.385. The molecule has 0 atom stereocenters.